The van der Waals surface area contributed by atoms with E-state index in [1.54, 1.807) is 15.6 Å². The fourth-order valence-corrected chi connectivity index (χ4v) is 6.02. The Hall–Kier alpha value is -4.91. The highest BCUT2D eigenvalue weighted by molar-refractivity contribution is 6.30. The molecule has 1 fully saturated rings. The van der Waals surface area contributed by atoms with Crippen LogP contribution in [0.15, 0.2) is 53.7 Å². The summed E-state index contributed by atoms with van der Waals surface area (Å²) in [6.45, 7) is 11.7. The molecule has 46 heavy (non-hydrogen) atoms. The summed E-state index contributed by atoms with van der Waals surface area (Å²) in [5.41, 5.74) is 6.26. The van der Waals surface area contributed by atoms with Crippen LogP contribution in [0.2, 0.25) is 5.02 Å². The summed E-state index contributed by atoms with van der Waals surface area (Å²) in [6, 6.07) is 8.55. The van der Waals surface area contributed by atoms with Crippen molar-refractivity contribution in [3.8, 4) is 5.69 Å². The third kappa shape index (κ3) is 5.34. The van der Waals surface area contributed by atoms with Gasteiger partial charge in [-0.15, -0.1) is 10.2 Å². The summed E-state index contributed by atoms with van der Waals surface area (Å²) in [5, 5.41) is 17.3. The van der Waals surface area contributed by atoms with Crippen molar-refractivity contribution in [2.75, 3.05) is 13.1 Å². The number of amides is 1. The van der Waals surface area contributed by atoms with E-state index in [9.17, 15) is 9.18 Å². The number of fused-ring (bicyclic) bond motifs is 1. The number of hydrogen-bond donors (Lipinski definition) is 0. The van der Waals surface area contributed by atoms with Crippen LogP contribution >= 0.6 is 11.6 Å². The van der Waals surface area contributed by atoms with E-state index >= 15 is 0 Å². The van der Waals surface area contributed by atoms with Crippen LogP contribution < -0.4 is 0 Å². The van der Waals surface area contributed by atoms with Gasteiger partial charge in [0.25, 0.3) is 5.91 Å². The summed E-state index contributed by atoms with van der Waals surface area (Å²) in [6.07, 6.45) is 5.13. The number of likely N-dealkylation sites (tertiary alicyclic amines) is 1. The molecule has 1 amide bonds. The second-order valence-corrected chi connectivity index (χ2v) is 13.3. The van der Waals surface area contributed by atoms with Crippen LogP contribution in [0.3, 0.4) is 0 Å². The van der Waals surface area contributed by atoms with Gasteiger partial charge in [0.15, 0.2) is 12.1 Å². The molecule has 5 heterocycles. The Bertz CT molecular complexity index is 2100. The Morgan fingerprint density at radius 1 is 1.04 bits per heavy atom. The predicted molar refractivity (Wildman–Crippen MR) is 168 cm³/mol. The van der Waals surface area contributed by atoms with Crippen molar-refractivity contribution in [1.29, 1.82) is 0 Å². The Balaban J connectivity index is 1.04. The van der Waals surface area contributed by atoms with Gasteiger partial charge < -0.3 is 13.9 Å². The van der Waals surface area contributed by atoms with E-state index in [4.69, 9.17) is 16.0 Å². The Morgan fingerprint density at radius 2 is 1.83 bits per heavy atom. The molecule has 236 valence electrons. The standard InChI is InChI=1S/C32H32ClFN10O2/c1-18-8-24-27(9-19(18)2)42(16-35-24)13-22-14-43(39-37-22)15-25-29(46-17-36-25)20-11-41(12-20)31(45)28-30(32(3,4)5)44(40-38-28)26-7-6-21(33)10-23(26)34/h6-10,14,16-17,20H,11-13,15H2,1-5H3. The molecule has 6 aromatic rings. The van der Waals surface area contributed by atoms with Crippen molar-refractivity contribution in [3.63, 3.8) is 0 Å². The lowest BCUT2D eigenvalue weighted by Crippen LogP contribution is -2.49. The van der Waals surface area contributed by atoms with Gasteiger partial charge in [0.1, 0.15) is 28.7 Å². The zero-order valence-corrected chi connectivity index (χ0v) is 26.8. The molecule has 1 saturated heterocycles. The number of rotatable bonds is 7. The second kappa shape index (κ2) is 11.2. The van der Waals surface area contributed by atoms with E-state index in [2.05, 4.69) is 61.1 Å². The maximum Gasteiger partial charge on any atom is 0.276 e. The molecular formula is C32H32ClFN10O2. The second-order valence-electron chi connectivity index (χ2n) is 12.8. The Labute approximate surface area is 268 Å². The largest absolute Gasteiger partial charge is 0.448 e. The molecule has 0 spiro atoms. The van der Waals surface area contributed by atoms with Crippen molar-refractivity contribution in [2.45, 2.75) is 59.0 Å². The number of carbonyl (C=O) groups is 1. The van der Waals surface area contributed by atoms with Crippen LogP contribution in [0.1, 0.15) is 71.1 Å². The van der Waals surface area contributed by atoms with Gasteiger partial charge in [-0.2, -0.15) is 0 Å². The maximum atomic E-state index is 14.8. The van der Waals surface area contributed by atoms with Crippen molar-refractivity contribution >= 4 is 28.5 Å². The van der Waals surface area contributed by atoms with Gasteiger partial charge in [0.05, 0.1) is 48.3 Å². The molecule has 0 atom stereocenters. The first kappa shape index (κ1) is 29.8. The third-order valence-electron chi connectivity index (χ3n) is 8.40. The normalized spacial score (nSPS) is 13.9. The van der Waals surface area contributed by atoms with Crippen molar-refractivity contribution in [3.05, 3.63) is 99.8 Å². The van der Waals surface area contributed by atoms with Crippen LogP contribution in [0.25, 0.3) is 16.7 Å². The van der Waals surface area contributed by atoms with E-state index in [-0.39, 0.29) is 28.2 Å². The molecule has 1 aliphatic rings. The number of halogens is 2. The first-order valence-corrected chi connectivity index (χ1v) is 15.3. The average molecular weight is 643 g/mol. The third-order valence-corrected chi connectivity index (χ3v) is 8.64. The molecule has 2 aromatic carbocycles. The molecule has 12 nitrogen and oxygen atoms in total. The summed E-state index contributed by atoms with van der Waals surface area (Å²) in [7, 11) is 0. The number of carbonyl (C=O) groups excluding carboxylic acids is 1. The Morgan fingerprint density at radius 3 is 2.59 bits per heavy atom. The molecule has 4 aromatic heterocycles. The number of aryl methyl sites for hydroxylation is 2. The minimum absolute atomic E-state index is 0.0460. The minimum atomic E-state index is -0.553. The highest BCUT2D eigenvalue weighted by Crippen LogP contribution is 2.34. The summed E-state index contributed by atoms with van der Waals surface area (Å²) < 4.78 is 25.8. The lowest BCUT2D eigenvalue weighted by Gasteiger charge is -2.38. The van der Waals surface area contributed by atoms with E-state index in [1.807, 2.05) is 33.3 Å². The Kier molecular flexibility index (Phi) is 7.23. The smallest absolute Gasteiger partial charge is 0.276 e. The SMILES string of the molecule is Cc1cc2ncn(Cc3cn(Cc4ncoc4C4CN(C(=O)c5nnn(-c6ccc(Cl)cc6F)c5C(C)(C)C)C4)nn3)c2cc1C. The van der Waals surface area contributed by atoms with E-state index in [0.717, 1.165) is 22.4 Å². The molecule has 7 rings (SSSR count). The van der Waals surface area contributed by atoms with Crippen LogP contribution in [-0.4, -0.2) is 68.4 Å². The molecule has 1 aliphatic heterocycles. The average Bonchev–Trinajstić information content (AvgIpc) is 3.77. The number of oxazole rings is 1. The zero-order chi connectivity index (χ0) is 32.3. The van der Waals surface area contributed by atoms with Crippen LogP contribution in [0.5, 0.6) is 0 Å². The minimum Gasteiger partial charge on any atom is -0.448 e. The molecule has 0 bridgehead atoms. The first-order chi connectivity index (χ1) is 22.0. The highest BCUT2D eigenvalue weighted by atomic mass is 35.5. The molecule has 14 heteroatoms. The number of benzene rings is 2. The van der Waals surface area contributed by atoms with Gasteiger partial charge in [0.2, 0.25) is 0 Å². The van der Waals surface area contributed by atoms with Gasteiger partial charge in [-0.1, -0.05) is 42.8 Å². The summed E-state index contributed by atoms with van der Waals surface area (Å²) in [4.78, 5) is 24.3. The van der Waals surface area contributed by atoms with Gasteiger partial charge in [-0.3, -0.25) is 4.79 Å². The summed E-state index contributed by atoms with van der Waals surface area (Å²) in [5.74, 6) is -0.171. The van der Waals surface area contributed by atoms with Gasteiger partial charge in [-0.25, -0.2) is 23.7 Å². The molecular weight excluding hydrogens is 611 g/mol. The molecule has 0 N–H and O–H groups in total. The van der Waals surface area contributed by atoms with Crippen LogP contribution in [0, 0.1) is 19.7 Å². The summed E-state index contributed by atoms with van der Waals surface area (Å²) >= 11 is 5.95. The van der Waals surface area contributed by atoms with E-state index in [1.165, 1.54) is 34.3 Å². The number of hydrogen-bond acceptors (Lipinski definition) is 8. The monoisotopic (exact) mass is 642 g/mol. The van der Waals surface area contributed by atoms with Gasteiger partial charge >= 0.3 is 0 Å². The van der Waals surface area contributed by atoms with Crippen molar-refractivity contribution in [2.24, 2.45) is 0 Å². The molecule has 0 aliphatic carbocycles. The zero-order valence-electron chi connectivity index (χ0n) is 26.1. The lowest BCUT2D eigenvalue weighted by atomic mass is 9.89. The van der Waals surface area contributed by atoms with Crippen LogP contribution in [-0.2, 0) is 18.5 Å². The van der Waals surface area contributed by atoms with E-state index < -0.39 is 11.2 Å². The van der Waals surface area contributed by atoms with Crippen molar-refractivity contribution in [1.82, 2.24) is 49.4 Å². The van der Waals surface area contributed by atoms with E-state index in [0.29, 0.717) is 37.6 Å². The number of imidazole rings is 1. The van der Waals surface area contributed by atoms with Crippen LogP contribution in [0.4, 0.5) is 4.39 Å². The molecule has 0 radical (unpaired) electrons. The fraction of sp³-hybridized carbons (Fsp3) is 0.344. The topological polar surface area (TPSA) is 126 Å². The van der Waals surface area contributed by atoms with Gasteiger partial charge in [0, 0.05) is 23.5 Å². The van der Waals surface area contributed by atoms with Crippen molar-refractivity contribution < 1.29 is 13.6 Å². The number of nitrogens with zero attached hydrogens (tertiary/aromatic N) is 10. The molecule has 0 saturated carbocycles. The number of aromatic nitrogens is 9. The highest BCUT2D eigenvalue weighted by Gasteiger charge is 2.40. The first-order valence-electron chi connectivity index (χ1n) is 14.9. The quantitative estimate of drug-likeness (QED) is 0.232. The van der Waals surface area contributed by atoms with Gasteiger partial charge in [-0.05, 0) is 55.3 Å². The molecule has 0 unspecified atom stereocenters. The predicted octanol–water partition coefficient (Wildman–Crippen LogP) is 5.24. The maximum absolute atomic E-state index is 14.8. The fourth-order valence-electron chi connectivity index (χ4n) is 5.86. The lowest BCUT2D eigenvalue weighted by molar-refractivity contribution is 0.0571.